The molecule has 0 amide bonds. The Morgan fingerprint density at radius 2 is 1.83 bits per heavy atom. The monoisotopic (exact) mass is 436 g/mol. The first-order chi connectivity index (χ1) is 14.2. The smallest absolute Gasteiger partial charge is 0.303 e. The fourth-order valence-electron chi connectivity index (χ4n) is 3.24. The van der Waals surface area contributed by atoms with Crippen molar-refractivity contribution in [3.05, 3.63) is 23.2 Å². The lowest BCUT2D eigenvalue weighted by molar-refractivity contribution is -0.166. The van der Waals surface area contributed by atoms with Crippen LogP contribution in [0.5, 0.6) is 0 Å². The van der Waals surface area contributed by atoms with Gasteiger partial charge in [-0.2, -0.15) is 5.26 Å². The summed E-state index contributed by atoms with van der Waals surface area (Å²) in [5, 5.41) is 9.82. The minimum Gasteiger partial charge on any atom is -0.463 e. The Labute approximate surface area is 175 Å². The SMILES string of the molecule is CC(=O)OCC1O[C@@H](n2cc(C#N)c3c(Cl)ncnc32)[C@H](OC(C)=O)C1OC(C)=O. The molecule has 12 heteroatoms. The highest BCUT2D eigenvalue weighted by atomic mass is 35.5. The molecule has 0 radical (unpaired) electrons. The molecule has 3 heterocycles. The number of esters is 3. The van der Waals surface area contributed by atoms with Crippen molar-refractivity contribution in [3.63, 3.8) is 0 Å². The highest BCUT2D eigenvalue weighted by Crippen LogP contribution is 2.38. The molecule has 158 valence electrons. The highest BCUT2D eigenvalue weighted by molar-refractivity contribution is 6.34. The zero-order chi connectivity index (χ0) is 22.0. The van der Waals surface area contributed by atoms with E-state index in [-0.39, 0.29) is 23.0 Å². The first-order valence-electron chi connectivity index (χ1n) is 8.77. The summed E-state index contributed by atoms with van der Waals surface area (Å²) in [4.78, 5) is 42.7. The fourth-order valence-corrected chi connectivity index (χ4v) is 3.47. The van der Waals surface area contributed by atoms with E-state index in [1.807, 2.05) is 6.07 Å². The number of rotatable bonds is 5. The predicted octanol–water partition coefficient (Wildman–Crippen LogP) is 1.28. The van der Waals surface area contributed by atoms with Gasteiger partial charge in [0.2, 0.25) is 0 Å². The highest BCUT2D eigenvalue weighted by Gasteiger charge is 2.51. The molecule has 0 N–H and O–H groups in total. The molecular formula is C18H17ClN4O7. The average molecular weight is 437 g/mol. The lowest BCUT2D eigenvalue weighted by atomic mass is 10.1. The fraction of sp³-hybridized carbons (Fsp3) is 0.444. The third kappa shape index (κ3) is 4.19. The Hall–Kier alpha value is -3.23. The van der Waals surface area contributed by atoms with Crippen molar-refractivity contribution in [2.75, 3.05) is 6.61 Å². The summed E-state index contributed by atoms with van der Waals surface area (Å²) in [5.74, 6) is -1.86. The van der Waals surface area contributed by atoms with Gasteiger partial charge in [0.15, 0.2) is 18.4 Å². The maximum absolute atomic E-state index is 11.7. The number of fused-ring (bicyclic) bond motifs is 1. The summed E-state index contributed by atoms with van der Waals surface area (Å²) in [7, 11) is 0. The Balaban J connectivity index is 2.09. The molecule has 1 aliphatic rings. The maximum atomic E-state index is 11.7. The molecule has 1 saturated heterocycles. The van der Waals surface area contributed by atoms with E-state index in [9.17, 15) is 19.6 Å². The number of hydrogen-bond acceptors (Lipinski definition) is 10. The van der Waals surface area contributed by atoms with Gasteiger partial charge >= 0.3 is 17.9 Å². The molecule has 2 aromatic rings. The van der Waals surface area contributed by atoms with Crippen LogP contribution in [0.3, 0.4) is 0 Å². The van der Waals surface area contributed by atoms with Crippen LogP contribution in [-0.2, 0) is 33.3 Å². The maximum Gasteiger partial charge on any atom is 0.303 e. The Bertz CT molecular complexity index is 1050. The number of aromatic nitrogens is 3. The van der Waals surface area contributed by atoms with Crippen LogP contribution in [0.1, 0.15) is 32.6 Å². The number of carbonyl (C=O) groups excluding carboxylic acids is 3. The number of carbonyl (C=O) groups is 3. The topological polar surface area (TPSA) is 143 Å². The number of halogens is 1. The van der Waals surface area contributed by atoms with Crippen molar-refractivity contribution in [1.29, 1.82) is 5.26 Å². The van der Waals surface area contributed by atoms with Crippen molar-refractivity contribution in [3.8, 4) is 6.07 Å². The molecule has 0 saturated carbocycles. The molecule has 2 unspecified atom stereocenters. The van der Waals surface area contributed by atoms with E-state index in [0.717, 1.165) is 0 Å². The summed E-state index contributed by atoms with van der Waals surface area (Å²) in [6.07, 6.45) is -1.54. The Morgan fingerprint density at radius 1 is 1.17 bits per heavy atom. The lowest BCUT2D eigenvalue weighted by Crippen LogP contribution is -2.40. The lowest BCUT2D eigenvalue weighted by Gasteiger charge is -2.24. The van der Waals surface area contributed by atoms with E-state index < -0.39 is 42.4 Å². The quantitative estimate of drug-likeness (QED) is 0.382. The summed E-state index contributed by atoms with van der Waals surface area (Å²) in [6.45, 7) is 3.34. The van der Waals surface area contributed by atoms with E-state index in [1.54, 1.807) is 0 Å². The minimum atomic E-state index is -1.11. The second-order valence-corrected chi connectivity index (χ2v) is 6.80. The minimum absolute atomic E-state index is 0.0605. The molecule has 4 atom stereocenters. The second kappa shape index (κ2) is 8.64. The predicted molar refractivity (Wildman–Crippen MR) is 98.9 cm³/mol. The van der Waals surface area contributed by atoms with Gasteiger partial charge in [0.25, 0.3) is 0 Å². The Kier molecular flexibility index (Phi) is 6.19. The van der Waals surface area contributed by atoms with Crippen LogP contribution in [0.25, 0.3) is 11.0 Å². The summed E-state index contributed by atoms with van der Waals surface area (Å²) < 4.78 is 23.1. The molecule has 0 bridgehead atoms. The van der Waals surface area contributed by atoms with Gasteiger partial charge in [-0.3, -0.25) is 14.4 Å². The molecule has 1 fully saturated rings. The zero-order valence-corrected chi connectivity index (χ0v) is 17.0. The van der Waals surface area contributed by atoms with Gasteiger partial charge in [0.1, 0.15) is 35.9 Å². The summed E-state index contributed by atoms with van der Waals surface area (Å²) in [5.41, 5.74) is 0.427. The number of nitriles is 1. The molecule has 2 aromatic heterocycles. The summed E-state index contributed by atoms with van der Waals surface area (Å²) in [6, 6.07) is 2.00. The molecule has 0 aliphatic carbocycles. The molecule has 0 aromatic carbocycles. The zero-order valence-electron chi connectivity index (χ0n) is 16.2. The van der Waals surface area contributed by atoms with Gasteiger partial charge in [-0.25, -0.2) is 9.97 Å². The van der Waals surface area contributed by atoms with Gasteiger partial charge in [-0.15, -0.1) is 0 Å². The van der Waals surface area contributed by atoms with Gasteiger partial charge in [0.05, 0.1) is 10.9 Å². The van der Waals surface area contributed by atoms with Gasteiger partial charge in [-0.05, 0) is 0 Å². The summed E-state index contributed by atoms with van der Waals surface area (Å²) >= 11 is 6.12. The molecular weight excluding hydrogens is 420 g/mol. The van der Waals surface area contributed by atoms with E-state index in [4.69, 9.17) is 30.5 Å². The molecule has 3 rings (SSSR count). The Morgan fingerprint density at radius 3 is 2.43 bits per heavy atom. The molecule has 11 nitrogen and oxygen atoms in total. The van der Waals surface area contributed by atoms with Crippen molar-refractivity contribution in [2.45, 2.75) is 45.3 Å². The number of ether oxygens (including phenoxy) is 4. The molecule has 1 aliphatic heterocycles. The number of hydrogen-bond donors (Lipinski definition) is 0. The van der Waals surface area contributed by atoms with Crippen LogP contribution in [0.2, 0.25) is 5.15 Å². The molecule has 0 spiro atoms. The normalized spacial score (nSPS) is 23.0. The van der Waals surface area contributed by atoms with E-state index in [2.05, 4.69) is 9.97 Å². The van der Waals surface area contributed by atoms with E-state index >= 15 is 0 Å². The van der Waals surface area contributed by atoms with Gasteiger partial charge in [0, 0.05) is 27.0 Å². The van der Waals surface area contributed by atoms with Crippen molar-refractivity contribution < 1.29 is 33.3 Å². The third-order valence-corrected chi connectivity index (χ3v) is 4.58. The van der Waals surface area contributed by atoms with Crippen LogP contribution in [-0.4, -0.2) is 57.4 Å². The van der Waals surface area contributed by atoms with Crippen LogP contribution < -0.4 is 0 Å². The third-order valence-electron chi connectivity index (χ3n) is 4.30. The van der Waals surface area contributed by atoms with Crippen molar-refractivity contribution >= 4 is 40.5 Å². The van der Waals surface area contributed by atoms with Crippen LogP contribution >= 0.6 is 11.6 Å². The first-order valence-corrected chi connectivity index (χ1v) is 9.15. The van der Waals surface area contributed by atoms with E-state index in [1.165, 1.54) is 37.9 Å². The van der Waals surface area contributed by atoms with E-state index in [0.29, 0.717) is 5.39 Å². The largest absolute Gasteiger partial charge is 0.463 e. The van der Waals surface area contributed by atoms with Crippen LogP contribution in [0.4, 0.5) is 0 Å². The number of nitrogens with zero attached hydrogens (tertiary/aromatic N) is 4. The van der Waals surface area contributed by atoms with Crippen molar-refractivity contribution in [2.24, 2.45) is 0 Å². The average Bonchev–Trinajstić information content (AvgIpc) is 3.19. The van der Waals surface area contributed by atoms with Gasteiger partial charge < -0.3 is 23.5 Å². The first kappa shape index (κ1) is 21.5. The molecule has 30 heavy (non-hydrogen) atoms. The van der Waals surface area contributed by atoms with Crippen LogP contribution in [0.15, 0.2) is 12.5 Å². The standard InChI is InChI=1S/C18H17ClN4O7/c1-8(24)27-6-12-14(28-9(2)25)15(29-10(3)26)18(30-12)23-5-11(4-20)13-16(19)21-7-22-17(13)23/h5,7,12,14-15,18H,6H2,1-3H3/t12?,14?,15-,18-/m1/s1. The van der Waals surface area contributed by atoms with Crippen molar-refractivity contribution in [1.82, 2.24) is 14.5 Å². The second-order valence-electron chi connectivity index (χ2n) is 6.44. The van der Waals surface area contributed by atoms with Gasteiger partial charge in [-0.1, -0.05) is 11.6 Å². The van der Waals surface area contributed by atoms with Crippen LogP contribution in [0, 0.1) is 11.3 Å².